The second-order valence-electron chi connectivity index (χ2n) is 7.49. The van der Waals surface area contributed by atoms with Crippen LogP contribution in [0, 0.1) is 0 Å². The number of methoxy groups -OCH3 is 2. The lowest BCUT2D eigenvalue weighted by molar-refractivity contribution is -0.115. The van der Waals surface area contributed by atoms with Crippen LogP contribution in [-0.2, 0) is 24.2 Å². The van der Waals surface area contributed by atoms with E-state index < -0.39 is 0 Å². The molecule has 0 saturated carbocycles. The van der Waals surface area contributed by atoms with Crippen molar-refractivity contribution in [3.63, 3.8) is 0 Å². The minimum Gasteiger partial charge on any atom is -0.504 e. The van der Waals surface area contributed by atoms with Gasteiger partial charge in [-0.15, -0.1) is 0 Å². The number of carbonyl (C=O) groups is 1. The molecule has 0 radical (unpaired) electrons. The molecule has 29 heavy (non-hydrogen) atoms. The Morgan fingerprint density at radius 3 is 2.41 bits per heavy atom. The lowest BCUT2D eigenvalue weighted by Crippen LogP contribution is -2.39. The first kappa shape index (κ1) is 20.8. The lowest BCUT2D eigenvalue weighted by atomic mass is 9.83. The fourth-order valence-corrected chi connectivity index (χ4v) is 4.02. The summed E-state index contributed by atoms with van der Waals surface area (Å²) in [6.07, 6.45) is 2.47. The minimum atomic E-state index is -0.0475. The zero-order valence-corrected chi connectivity index (χ0v) is 17.3. The van der Waals surface area contributed by atoms with Gasteiger partial charge in [-0.2, -0.15) is 0 Å². The molecule has 2 aliphatic heterocycles. The van der Waals surface area contributed by atoms with Gasteiger partial charge in [0, 0.05) is 38.8 Å². The van der Waals surface area contributed by atoms with E-state index >= 15 is 0 Å². The molecule has 0 aromatic heterocycles. The summed E-state index contributed by atoms with van der Waals surface area (Å²) in [6, 6.07) is 7.68. The largest absolute Gasteiger partial charge is 0.504 e. The van der Waals surface area contributed by atoms with E-state index in [0.29, 0.717) is 0 Å². The molecule has 1 amide bonds. The molecule has 0 bridgehead atoms. The van der Waals surface area contributed by atoms with Crippen LogP contribution in [0.1, 0.15) is 28.3 Å². The summed E-state index contributed by atoms with van der Waals surface area (Å²) in [5.74, 6) is 1.49. The van der Waals surface area contributed by atoms with Crippen molar-refractivity contribution in [1.82, 2.24) is 9.80 Å². The normalized spacial score (nSPS) is 17.0. The Morgan fingerprint density at radius 2 is 1.79 bits per heavy atom. The Labute approximate surface area is 171 Å². The van der Waals surface area contributed by atoms with Crippen molar-refractivity contribution in [3.05, 3.63) is 46.5 Å². The van der Waals surface area contributed by atoms with Gasteiger partial charge in [0.05, 0.1) is 14.2 Å². The Hall–Kier alpha value is -2.93. The van der Waals surface area contributed by atoms with Gasteiger partial charge in [-0.25, -0.2) is 0 Å². The van der Waals surface area contributed by atoms with Crippen LogP contribution in [0.5, 0.6) is 23.0 Å². The molecule has 0 spiro atoms. The van der Waals surface area contributed by atoms with Crippen LogP contribution < -0.4 is 9.47 Å². The molecule has 2 aromatic rings. The monoisotopic (exact) mass is 400 g/mol. The quantitative estimate of drug-likeness (QED) is 0.609. The van der Waals surface area contributed by atoms with Gasteiger partial charge in [0.1, 0.15) is 0 Å². The van der Waals surface area contributed by atoms with Crippen LogP contribution in [0.3, 0.4) is 0 Å². The van der Waals surface area contributed by atoms with E-state index in [-0.39, 0.29) is 17.5 Å². The average molecular weight is 400 g/mol. The van der Waals surface area contributed by atoms with E-state index in [1.165, 1.54) is 16.0 Å². The fraction of sp³-hybridized carbons (Fsp3) is 0.409. The second-order valence-corrected chi connectivity index (χ2v) is 7.49. The van der Waals surface area contributed by atoms with Crippen molar-refractivity contribution in [2.75, 3.05) is 34.9 Å². The molecular weight excluding hydrogens is 372 g/mol. The molecule has 0 saturated heterocycles. The van der Waals surface area contributed by atoms with E-state index in [1.54, 1.807) is 40.4 Å². The first-order valence-corrected chi connectivity index (χ1v) is 9.52. The van der Waals surface area contributed by atoms with Crippen molar-refractivity contribution in [2.24, 2.45) is 0 Å². The van der Waals surface area contributed by atoms with E-state index in [0.717, 1.165) is 55.0 Å². The minimum absolute atomic E-state index is 0.0372. The number of aromatic hydroxyl groups is 2. The number of hydrogen-bond donors (Lipinski definition) is 2. The highest BCUT2D eigenvalue weighted by molar-refractivity contribution is 5.54. The van der Waals surface area contributed by atoms with Gasteiger partial charge in [0.2, 0.25) is 6.41 Å². The van der Waals surface area contributed by atoms with E-state index in [1.807, 2.05) is 6.07 Å². The molecular formula is C22H28N2O5. The van der Waals surface area contributed by atoms with Crippen LogP contribution in [0.15, 0.2) is 24.3 Å². The highest BCUT2D eigenvalue weighted by Crippen LogP contribution is 2.45. The number of phenolic OH excluding ortho intramolecular Hbond substituents is 2. The fourth-order valence-electron chi connectivity index (χ4n) is 4.02. The molecule has 7 heteroatoms. The van der Waals surface area contributed by atoms with Crippen LogP contribution in [0.4, 0.5) is 0 Å². The second kappa shape index (κ2) is 8.61. The van der Waals surface area contributed by atoms with E-state index in [2.05, 4.69) is 11.0 Å². The summed E-state index contributed by atoms with van der Waals surface area (Å²) >= 11 is 0. The van der Waals surface area contributed by atoms with Gasteiger partial charge >= 0.3 is 0 Å². The average Bonchev–Trinajstić information content (AvgIpc) is 2.72. The highest BCUT2D eigenvalue weighted by atomic mass is 16.5. The Kier molecular flexibility index (Phi) is 6.17. The molecule has 2 aliphatic rings. The molecule has 1 atom stereocenters. The Balaban J connectivity index is 0.000000431. The first-order chi connectivity index (χ1) is 13.9. The number of benzene rings is 2. The van der Waals surface area contributed by atoms with E-state index in [4.69, 9.17) is 9.47 Å². The SMILES string of the molecule is CN(C)C=O.COc1ccc2c(c1OC)CN1CCc3cc(O)c(O)cc3C1C2. The van der Waals surface area contributed by atoms with Gasteiger partial charge < -0.3 is 24.6 Å². The summed E-state index contributed by atoms with van der Waals surface area (Å²) in [4.78, 5) is 13.3. The molecule has 2 heterocycles. The lowest BCUT2D eigenvalue weighted by Gasteiger charge is -2.42. The smallest absolute Gasteiger partial charge is 0.209 e. The maximum atomic E-state index is 9.91. The van der Waals surface area contributed by atoms with Crippen molar-refractivity contribution in [2.45, 2.75) is 25.4 Å². The van der Waals surface area contributed by atoms with Gasteiger partial charge in [0.25, 0.3) is 0 Å². The maximum absolute atomic E-state index is 9.91. The number of fused-ring (bicyclic) bond motifs is 4. The molecule has 4 rings (SSSR count). The zero-order chi connectivity index (χ0) is 21.1. The predicted octanol–water partition coefficient (Wildman–Crippen LogP) is 2.47. The maximum Gasteiger partial charge on any atom is 0.209 e. The molecule has 2 aromatic carbocycles. The number of rotatable bonds is 3. The van der Waals surface area contributed by atoms with Crippen molar-refractivity contribution in [3.8, 4) is 23.0 Å². The van der Waals surface area contributed by atoms with Crippen molar-refractivity contribution in [1.29, 1.82) is 0 Å². The number of amides is 1. The highest BCUT2D eigenvalue weighted by Gasteiger charge is 2.34. The number of nitrogens with zero attached hydrogens (tertiary/aromatic N) is 2. The number of carbonyl (C=O) groups excluding carboxylic acids is 1. The predicted molar refractivity (Wildman–Crippen MR) is 110 cm³/mol. The Morgan fingerprint density at radius 1 is 1.10 bits per heavy atom. The van der Waals surface area contributed by atoms with Crippen LogP contribution in [0.2, 0.25) is 0 Å². The first-order valence-electron chi connectivity index (χ1n) is 9.52. The molecule has 7 nitrogen and oxygen atoms in total. The third-order valence-electron chi connectivity index (χ3n) is 5.44. The number of hydrogen-bond acceptors (Lipinski definition) is 6. The summed E-state index contributed by atoms with van der Waals surface area (Å²) in [5, 5.41) is 19.7. The summed E-state index contributed by atoms with van der Waals surface area (Å²) < 4.78 is 11.0. The summed E-state index contributed by atoms with van der Waals surface area (Å²) in [5.41, 5.74) is 4.65. The summed E-state index contributed by atoms with van der Waals surface area (Å²) in [7, 11) is 6.71. The summed E-state index contributed by atoms with van der Waals surface area (Å²) in [6.45, 7) is 1.71. The molecule has 0 aliphatic carbocycles. The van der Waals surface area contributed by atoms with Crippen molar-refractivity contribution >= 4 is 6.41 Å². The number of phenols is 2. The van der Waals surface area contributed by atoms with Crippen LogP contribution >= 0.6 is 0 Å². The van der Waals surface area contributed by atoms with Crippen LogP contribution in [-0.4, -0.2) is 61.3 Å². The number of ether oxygens (including phenoxy) is 2. The standard InChI is InChI=1S/C19H21NO4.C3H7NO/c1-23-18-4-3-11-7-15-13-9-17(22)16(21)8-12(13)5-6-20(15)10-14(11)19(18)24-2;1-4(2)3-5/h3-4,8-9,15,21-22H,5-7,10H2,1-2H3;3H,1-2H3. The third-order valence-corrected chi connectivity index (χ3v) is 5.44. The van der Waals surface area contributed by atoms with E-state index in [9.17, 15) is 15.0 Å². The molecule has 2 N–H and O–H groups in total. The van der Waals surface area contributed by atoms with Gasteiger partial charge in [-0.1, -0.05) is 6.07 Å². The molecule has 0 fully saturated rings. The van der Waals surface area contributed by atoms with Gasteiger partial charge in [-0.05, 0) is 47.7 Å². The molecule has 1 unspecified atom stereocenters. The van der Waals surface area contributed by atoms with Gasteiger partial charge in [0.15, 0.2) is 23.0 Å². The molecule has 156 valence electrons. The Bertz CT molecular complexity index is 897. The van der Waals surface area contributed by atoms with Gasteiger partial charge in [-0.3, -0.25) is 9.69 Å². The van der Waals surface area contributed by atoms with Crippen molar-refractivity contribution < 1.29 is 24.5 Å². The zero-order valence-electron chi connectivity index (χ0n) is 17.3. The third kappa shape index (κ3) is 4.10. The topological polar surface area (TPSA) is 82.5 Å². The van der Waals surface area contributed by atoms with Crippen LogP contribution in [0.25, 0.3) is 0 Å².